The Morgan fingerprint density at radius 1 is 1.05 bits per heavy atom. The van der Waals surface area contributed by atoms with Crippen molar-refractivity contribution in [2.45, 2.75) is 66.1 Å². The third kappa shape index (κ3) is 12.2. The van der Waals surface area contributed by atoms with Crippen molar-refractivity contribution in [3.63, 3.8) is 0 Å². The number of rotatable bonds is 14. The van der Waals surface area contributed by atoms with Crippen LogP contribution in [0.2, 0.25) is 0 Å². The van der Waals surface area contributed by atoms with Crippen LogP contribution < -0.4 is 22.0 Å². The van der Waals surface area contributed by atoms with Crippen molar-refractivity contribution in [2.75, 3.05) is 19.7 Å². The number of hydrogen-bond donors (Lipinski definition) is 4. The number of hydroxylamine groups is 1. The van der Waals surface area contributed by atoms with E-state index in [4.69, 9.17) is 15.3 Å². The molecule has 11 heteroatoms. The lowest BCUT2D eigenvalue weighted by Crippen LogP contribution is -2.54. The maximum absolute atomic E-state index is 13.7. The molecule has 1 fully saturated rings. The second-order valence-electron chi connectivity index (χ2n) is 10.9. The number of carbonyl (C=O) groups excluding carboxylic acids is 4. The van der Waals surface area contributed by atoms with Crippen LogP contribution >= 0.6 is 0 Å². The minimum Gasteiger partial charge on any atom is -0.352 e. The number of nitrogens with one attached hydrogen (secondary N) is 3. The minimum absolute atomic E-state index is 0.0261. The van der Waals surface area contributed by atoms with Crippen LogP contribution in [0.3, 0.4) is 0 Å². The molecule has 2 rings (SSSR count). The van der Waals surface area contributed by atoms with E-state index in [1.807, 2.05) is 70.2 Å². The smallest absolute Gasteiger partial charge is 0.312 e. The minimum atomic E-state index is -0.842. The van der Waals surface area contributed by atoms with E-state index in [0.717, 1.165) is 18.4 Å². The molecule has 0 radical (unpaired) electrons. The van der Waals surface area contributed by atoms with Gasteiger partial charge < -0.3 is 15.8 Å². The van der Waals surface area contributed by atoms with Gasteiger partial charge in [-0.1, -0.05) is 70.2 Å². The molecule has 222 valence electrons. The Kier molecular flexibility index (Phi) is 14.2. The van der Waals surface area contributed by atoms with Crippen molar-refractivity contribution in [1.29, 1.82) is 0 Å². The summed E-state index contributed by atoms with van der Waals surface area (Å²) in [6.07, 6.45) is 6.44. The molecule has 3 atom stereocenters. The lowest BCUT2D eigenvalue weighted by atomic mass is 9.82. The zero-order valence-electron chi connectivity index (χ0n) is 24.1. The van der Waals surface area contributed by atoms with E-state index in [1.54, 1.807) is 0 Å². The maximum Gasteiger partial charge on any atom is 0.312 e. The van der Waals surface area contributed by atoms with Gasteiger partial charge in [0.2, 0.25) is 11.8 Å². The molecular formula is C29H45N5O6. The predicted molar refractivity (Wildman–Crippen MR) is 152 cm³/mol. The highest BCUT2D eigenvalue weighted by Crippen LogP contribution is 2.26. The second-order valence-corrected chi connectivity index (χ2v) is 10.9. The molecule has 0 spiro atoms. The van der Waals surface area contributed by atoms with Gasteiger partial charge in [0, 0.05) is 19.6 Å². The second kappa shape index (κ2) is 17.3. The summed E-state index contributed by atoms with van der Waals surface area (Å²) < 4.78 is 5.56. The molecule has 1 aromatic carbocycles. The van der Waals surface area contributed by atoms with Gasteiger partial charge in [0.1, 0.15) is 6.54 Å². The number of benzene rings is 1. The maximum atomic E-state index is 13.7. The average molecular weight is 560 g/mol. The van der Waals surface area contributed by atoms with Crippen LogP contribution in [0.25, 0.3) is 6.08 Å². The third-order valence-corrected chi connectivity index (χ3v) is 6.32. The Labute approximate surface area is 237 Å². The highest BCUT2D eigenvalue weighted by atomic mass is 16.8. The van der Waals surface area contributed by atoms with Crippen LogP contribution in [0.4, 0.5) is 4.79 Å². The van der Waals surface area contributed by atoms with E-state index in [9.17, 15) is 19.2 Å². The van der Waals surface area contributed by atoms with Crippen LogP contribution in [0.5, 0.6) is 0 Å². The van der Waals surface area contributed by atoms with Gasteiger partial charge >= 0.3 is 6.03 Å². The first kappa shape index (κ1) is 32.8. The standard InChI is InChI=1S/C29H45N5O6/c1-20(2)17-24(27(36)32-34(19-21(3)4)25(35)18-31-29(30)38)23(14-10-13-22-11-6-5-7-12-22)28(37)33-40-26-15-8-9-16-39-26/h5-7,10-13,20-21,23-24,26H,8-9,14-19H2,1-4H3,(H,32,36)(H,33,37)(H3,30,31,38)/t23-,24+,26?/m0/s1. The van der Waals surface area contributed by atoms with Crippen LogP contribution in [-0.4, -0.2) is 54.7 Å². The quantitative estimate of drug-likeness (QED) is 0.257. The lowest BCUT2D eigenvalue weighted by Gasteiger charge is -2.31. The highest BCUT2D eigenvalue weighted by Gasteiger charge is 2.35. The number of hydrogen-bond acceptors (Lipinski definition) is 6. The first-order valence-electron chi connectivity index (χ1n) is 14.0. The van der Waals surface area contributed by atoms with E-state index < -0.39 is 41.9 Å². The number of hydrazine groups is 1. The van der Waals surface area contributed by atoms with Gasteiger partial charge in [-0.25, -0.2) is 15.1 Å². The summed E-state index contributed by atoms with van der Waals surface area (Å²) in [4.78, 5) is 56.7. The van der Waals surface area contributed by atoms with Crippen molar-refractivity contribution in [1.82, 2.24) is 21.2 Å². The normalized spacial score (nSPS) is 16.9. The summed E-state index contributed by atoms with van der Waals surface area (Å²) in [5.74, 6) is -2.88. The summed E-state index contributed by atoms with van der Waals surface area (Å²) in [7, 11) is 0. The number of ether oxygens (including phenoxy) is 1. The zero-order chi connectivity index (χ0) is 29.5. The summed E-state index contributed by atoms with van der Waals surface area (Å²) in [6.45, 7) is 8.14. The fourth-order valence-electron chi connectivity index (χ4n) is 4.38. The molecule has 1 saturated heterocycles. The number of allylic oxidation sites excluding steroid dienone is 1. The molecule has 0 bridgehead atoms. The molecule has 5 N–H and O–H groups in total. The Morgan fingerprint density at radius 2 is 1.77 bits per heavy atom. The fourth-order valence-corrected chi connectivity index (χ4v) is 4.38. The summed E-state index contributed by atoms with van der Waals surface area (Å²) in [5.41, 5.74) is 11.3. The molecule has 11 nitrogen and oxygen atoms in total. The van der Waals surface area contributed by atoms with Gasteiger partial charge in [-0.05, 0) is 43.1 Å². The Balaban J connectivity index is 2.27. The number of nitrogens with zero attached hydrogens (tertiary/aromatic N) is 1. The molecule has 1 aromatic rings. The highest BCUT2D eigenvalue weighted by molar-refractivity contribution is 5.90. The molecule has 0 saturated carbocycles. The molecule has 40 heavy (non-hydrogen) atoms. The van der Waals surface area contributed by atoms with E-state index in [1.165, 1.54) is 5.01 Å². The van der Waals surface area contributed by atoms with Crippen molar-refractivity contribution < 1.29 is 28.8 Å². The van der Waals surface area contributed by atoms with Gasteiger partial charge in [0.25, 0.3) is 5.91 Å². The summed E-state index contributed by atoms with van der Waals surface area (Å²) >= 11 is 0. The summed E-state index contributed by atoms with van der Waals surface area (Å²) in [5, 5.41) is 3.44. The van der Waals surface area contributed by atoms with Crippen molar-refractivity contribution in [3.05, 3.63) is 42.0 Å². The Morgan fingerprint density at radius 3 is 2.38 bits per heavy atom. The molecular weight excluding hydrogens is 514 g/mol. The summed E-state index contributed by atoms with van der Waals surface area (Å²) in [6, 6.07) is 8.82. The monoisotopic (exact) mass is 559 g/mol. The number of primary amides is 1. The average Bonchev–Trinajstić information content (AvgIpc) is 2.92. The van der Waals surface area contributed by atoms with Crippen molar-refractivity contribution in [3.8, 4) is 0 Å². The molecule has 1 aliphatic rings. The van der Waals surface area contributed by atoms with Gasteiger partial charge in [-0.15, -0.1) is 0 Å². The molecule has 5 amide bonds. The Bertz CT molecular complexity index is 978. The number of amides is 5. The largest absolute Gasteiger partial charge is 0.352 e. The van der Waals surface area contributed by atoms with Gasteiger partial charge in [0.05, 0.1) is 11.8 Å². The van der Waals surface area contributed by atoms with Gasteiger partial charge in [-0.2, -0.15) is 0 Å². The topological polar surface area (TPSA) is 152 Å². The van der Waals surface area contributed by atoms with E-state index in [2.05, 4.69) is 16.2 Å². The lowest BCUT2D eigenvalue weighted by molar-refractivity contribution is -0.203. The molecule has 1 aliphatic heterocycles. The third-order valence-electron chi connectivity index (χ3n) is 6.32. The van der Waals surface area contributed by atoms with Gasteiger partial charge in [0.15, 0.2) is 6.29 Å². The zero-order valence-corrected chi connectivity index (χ0v) is 24.1. The van der Waals surface area contributed by atoms with E-state index in [-0.39, 0.29) is 31.3 Å². The number of carbonyl (C=O) groups is 4. The van der Waals surface area contributed by atoms with Crippen LogP contribution in [0.15, 0.2) is 36.4 Å². The van der Waals surface area contributed by atoms with Crippen LogP contribution in [0.1, 0.15) is 65.4 Å². The molecule has 0 aromatic heterocycles. The van der Waals surface area contributed by atoms with Crippen LogP contribution in [0, 0.1) is 23.7 Å². The van der Waals surface area contributed by atoms with Crippen LogP contribution in [-0.2, 0) is 24.0 Å². The molecule has 1 unspecified atom stereocenters. The predicted octanol–water partition coefficient (Wildman–Crippen LogP) is 3.13. The van der Waals surface area contributed by atoms with E-state index >= 15 is 0 Å². The first-order valence-corrected chi connectivity index (χ1v) is 14.0. The number of urea groups is 1. The molecule has 1 heterocycles. The van der Waals surface area contributed by atoms with Gasteiger partial charge in [-0.3, -0.25) is 24.8 Å². The van der Waals surface area contributed by atoms with E-state index in [0.29, 0.717) is 19.4 Å². The van der Waals surface area contributed by atoms with Crippen molar-refractivity contribution >= 4 is 29.8 Å². The number of nitrogens with two attached hydrogens (primary N) is 1. The fraction of sp³-hybridized carbons (Fsp3) is 0.586. The molecule has 0 aliphatic carbocycles. The Hall–Kier alpha value is -3.44. The first-order chi connectivity index (χ1) is 19.1. The SMILES string of the molecule is CC(C)C[C@@H](C(=O)NN(CC(C)C)C(=O)CNC(N)=O)[C@H](CC=Cc1ccccc1)C(=O)NOC1CCCCO1. The van der Waals surface area contributed by atoms with Crippen molar-refractivity contribution in [2.24, 2.45) is 29.4 Å².